The maximum atomic E-state index is 6.37. The SMILES string of the molecule is Nc1c2c(cc3ccccc13)CCCC2Cl. The zero-order valence-corrected chi connectivity index (χ0v) is 9.80. The second-order valence-corrected chi connectivity index (χ2v) is 4.97. The normalized spacial score (nSPS) is 19.7. The zero-order chi connectivity index (χ0) is 11.1. The molecule has 0 aromatic heterocycles. The molecule has 2 N–H and O–H groups in total. The summed E-state index contributed by atoms with van der Waals surface area (Å²) in [6, 6.07) is 10.5. The topological polar surface area (TPSA) is 26.0 Å². The molecule has 0 heterocycles. The summed E-state index contributed by atoms with van der Waals surface area (Å²) in [7, 11) is 0. The molecular formula is C14H14ClN. The van der Waals surface area contributed by atoms with Crippen LogP contribution >= 0.6 is 11.6 Å². The summed E-state index contributed by atoms with van der Waals surface area (Å²) in [4.78, 5) is 0. The Balaban J connectivity index is 2.36. The van der Waals surface area contributed by atoms with E-state index in [0.29, 0.717) is 0 Å². The van der Waals surface area contributed by atoms with E-state index in [1.165, 1.54) is 22.9 Å². The minimum absolute atomic E-state index is 0.0911. The van der Waals surface area contributed by atoms with Gasteiger partial charge in [0, 0.05) is 11.1 Å². The Morgan fingerprint density at radius 3 is 2.94 bits per heavy atom. The standard InChI is InChI=1S/C14H14ClN/c15-12-7-3-5-10-8-9-4-1-2-6-11(9)14(16)13(10)12/h1-2,4,6,8,12H,3,5,7,16H2. The Labute approximate surface area is 100 Å². The average Bonchev–Trinajstić information content (AvgIpc) is 2.29. The van der Waals surface area contributed by atoms with Gasteiger partial charge in [-0.2, -0.15) is 0 Å². The smallest absolute Gasteiger partial charge is 0.0608 e. The third kappa shape index (κ3) is 1.39. The van der Waals surface area contributed by atoms with Crippen molar-refractivity contribution in [1.29, 1.82) is 0 Å². The number of benzene rings is 2. The summed E-state index contributed by atoms with van der Waals surface area (Å²) in [6.07, 6.45) is 3.31. The Morgan fingerprint density at radius 2 is 2.06 bits per heavy atom. The number of halogens is 1. The van der Waals surface area contributed by atoms with Gasteiger partial charge >= 0.3 is 0 Å². The Hall–Kier alpha value is -1.21. The molecule has 16 heavy (non-hydrogen) atoms. The number of anilines is 1. The molecule has 1 aliphatic carbocycles. The zero-order valence-electron chi connectivity index (χ0n) is 9.04. The molecule has 1 nitrogen and oxygen atoms in total. The summed E-state index contributed by atoms with van der Waals surface area (Å²) in [5.41, 5.74) is 9.64. The first-order valence-electron chi connectivity index (χ1n) is 5.71. The highest BCUT2D eigenvalue weighted by Gasteiger charge is 2.21. The van der Waals surface area contributed by atoms with Crippen LogP contribution in [0.5, 0.6) is 0 Å². The lowest BCUT2D eigenvalue weighted by atomic mass is 9.87. The largest absolute Gasteiger partial charge is 0.398 e. The molecule has 1 unspecified atom stereocenters. The van der Waals surface area contributed by atoms with Crippen LogP contribution in [-0.4, -0.2) is 0 Å². The van der Waals surface area contributed by atoms with Gasteiger partial charge in [-0.25, -0.2) is 0 Å². The molecule has 0 bridgehead atoms. The molecule has 1 aliphatic rings. The van der Waals surface area contributed by atoms with Crippen LogP contribution in [0.3, 0.4) is 0 Å². The molecule has 2 aromatic carbocycles. The minimum Gasteiger partial charge on any atom is -0.398 e. The molecule has 0 saturated carbocycles. The second-order valence-electron chi connectivity index (χ2n) is 4.44. The molecule has 82 valence electrons. The number of rotatable bonds is 0. The third-order valence-corrected chi connectivity index (χ3v) is 3.87. The number of nitrogens with two attached hydrogens (primary N) is 1. The highest BCUT2D eigenvalue weighted by Crippen LogP contribution is 2.41. The number of nitrogen functional groups attached to an aromatic ring is 1. The van der Waals surface area contributed by atoms with Gasteiger partial charge in [-0.1, -0.05) is 30.3 Å². The maximum absolute atomic E-state index is 6.37. The monoisotopic (exact) mass is 231 g/mol. The van der Waals surface area contributed by atoms with Crippen LogP contribution in [0.25, 0.3) is 10.8 Å². The van der Waals surface area contributed by atoms with Gasteiger partial charge in [-0.05, 0) is 35.8 Å². The van der Waals surface area contributed by atoms with E-state index in [-0.39, 0.29) is 5.38 Å². The van der Waals surface area contributed by atoms with Crippen LogP contribution in [0, 0.1) is 0 Å². The fraction of sp³-hybridized carbons (Fsp3) is 0.286. The van der Waals surface area contributed by atoms with Crippen molar-refractivity contribution >= 4 is 28.1 Å². The van der Waals surface area contributed by atoms with Crippen LogP contribution < -0.4 is 5.73 Å². The van der Waals surface area contributed by atoms with Crippen LogP contribution in [-0.2, 0) is 6.42 Å². The summed E-state index contributed by atoms with van der Waals surface area (Å²) in [6.45, 7) is 0. The summed E-state index contributed by atoms with van der Waals surface area (Å²) in [5, 5.41) is 2.45. The number of aryl methyl sites for hydroxylation is 1. The van der Waals surface area contributed by atoms with Crippen LogP contribution in [0.2, 0.25) is 0 Å². The first kappa shape index (κ1) is 9.98. The van der Waals surface area contributed by atoms with Gasteiger partial charge < -0.3 is 5.73 Å². The molecule has 3 rings (SSSR count). The van der Waals surface area contributed by atoms with Crippen molar-refractivity contribution in [1.82, 2.24) is 0 Å². The van der Waals surface area contributed by atoms with E-state index in [0.717, 1.165) is 23.9 Å². The third-order valence-electron chi connectivity index (χ3n) is 3.43. The maximum Gasteiger partial charge on any atom is 0.0608 e. The van der Waals surface area contributed by atoms with E-state index in [1.54, 1.807) is 0 Å². The molecule has 0 fully saturated rings. The fourth-order valence-electron chi connectivity index (χ4n) is 2.64. The summed E-state index contributed by atoms with van der Waals surface area (Å²) in [5.74, 6) is 0. The van der Waals surface area contributed by atoms with Crippen LogP contribution in [0.4, 0.5) is 5.69 Å². The lowest BCUT2D eigenvalue weighted by molar-refractivity contribution is 0.670. The molecule has 0 radical (unpaired) electrons. The lowest BCUT2D eigenvalue weighted by Crippen LogP contribution is -2.09. The number of fused-ring (bicyclic) bond motifs is 2. The van der Waals surface area contributed by atoms with Gasteiger partial charge in [0.1, 0.15) is 0 Å². The predicted octanol–water partition coefficient (Wildman–Crippen LogP) is 4.04. The van der Waals surface area contributed by atoms with Crippen molar-refractivity contribution in [2.75, 3.05) is 5.73 Å². The molecule has 0 amide bonds. The van der Waals surface area contributed by atoms with E-state index < -0.39 is 0 Å². The van der Waals surface area contributed by atoms with E-state index in [2.05, 4.69) is 24.3 Å². The van der Waals surface area contributed by atoms with Gasteiger partial charge in [0.25, 0.3) is 0 Å². The van der Waals surface area contributed by atoms with Crippen molar-refractivity contribution in [2.45, 2.75) is 24.6 Å². The molecular weight excluding hydrogens is 218 g/mol. The van der Waals surface area contributed by atoms with E-state index >= 15 is 0 Å². The van der Waals surface area contributed by atoms with Crippen molar-refractivity contribution < 1.29 is 0 Å². The Kier molecular flexibility index (Phi) is 2.29. The van der Waals surface area contributed by atoms with Gasteiger partial charge in [-0.3, -0.25) is 0 Å². The lowest BCUT2D eigenvalue weighted by Gasteiger charge is -2.23. The predicted molar refractivity (Wildman–Crippen MR) is 69.9 cm³/mol. The van der Waals surface area contributed by atoms with Gasteiger partial charge in [-0.15, -0.1) is 11.6 Å². The number of hydrogen-bond donors (Lipinski definition) is 1. The van der Waals surface area contributed by atoms with Crippen molar-refractivity contribution in [2.24, 2.45) is 0 Å². The van der Waals surface area contributed by atoms with Gasteiger partial charge in [0.2, 0.25) is 0 Å². The highest BCUT2D eigenvalue weighted by atomic mass is 35.5. The Morgan fingerprint density at radius 1 is 1.25 bits per heavy atom. The first-order chi connectivity index (χ1) is 7.77. The molecule has 0 aliphatic heterocycles. The molecule has 1 atom stereocenters. The first-order valence-corrected chi connectivity index (χ1v) is 6.15. The second kappa shape index (κ2) is 3.67. The van der Waals surface area contributed by atoms with E-state index in [9.17, 15) is 0 Å². The van der Waals surface area contributed by atoms with E-state index in [4.69, 9.17) is 17.3 Å². The fourth-order valence-corrected chi connectivity index (χ4v) is 3.06. The van der Waals surface area contributed by atoms with E-state index in [1.807, 2.05) is 6.07 Å². The molecule has 0 saturated heterocycles. The molecule has 2 heteroatoms. The van der Waals surface area contributed by atoms with Crippen molar-refractivity contribution in [3.63, 3.8) is 0 Å². The Bertz CT molecular complexity index is 548. The summed E-state index contributed by atoms with van der Waals surface area (Å²) < 4.78 is 0. The minimum atomic E-state index is 0.0911. The summed E-state index contributed by atoms with van der Waals surface area (Å²) >= 11 is 6.37. The van der Waals surface area contributed by atoms with Crippen LogP contribution in [0.15, 0.2) is 30.3 Å². The number of hydrogen-bond acceptors (Lipinski definition) is 1. The molecule has 0 spiro atoms. The highest BCUT2D eigenvalue weighted by molar-refractivity contribution is 6.22. The van der Waals surface area contributed by atoms with Crippen LogP contribution in [0.1, 0.15) is 29.3 Å². The number of alkyl halides is 1. The van der Waals surface area contributed by atoms with Gasteiger partial charge in [0.15, 0.2) is 0 Å². The molecule has 2 aromatic rings. The van der Waals surface area contributed by atoms with Gasteiger partial charge in [0.05, 0.1) is 5.38 Å². The average molecular weight is 232 g/mol. The quantitative estimate of drug-likeness (QED) is 0.538. The van der Waals surface area contributed by atoms with Crippen molar-refractivity contribution in [3.05, 3.63) is 41.5 Å². The van der Waals surface area contributed by atoms with Crippen molar-refractivity contribution in [3.8, 4) is 0 Å².